The molecule has 9 nitrogen and oxygen atoms in total. The molecule has 4 heterocycles. The van der Waals surface area contributed by atoms with Gasteiger partial charge in [-0.05, 0) is 31.5 Å². The van der Waals surface area contributed by atoms with Gasteiger partial charge in [0.2, 0.25) is 0 Å². The molecule has 0 radical (unpaired) electrons. The Morgan fingerprint density at radius 3 is 2.60 bits per heavy atom. The molecule has 1 N–H and O–H groups in total. The first kappa shape index (κ1) is 22.8. The predicted octanol–water partition coefficient (Wildman–Crippen LogP) is 3.27. The van der Waals surface area contributed by atoms with Gasteiger partial charge in [0, 0.05) is 49.7 Å². The van der Waals surface area contributed by atoms with Gasteiger partial charge in [-0.15, -0.1) is 0 Å². The summed E-state index contributed by atoms with van der Waals surface area (Å²) < 4.78 is 1.64. The summed E-state index contributed by atoms with van der Waals surface area (Å²) in [5.74, 6) is -1.40. The van der Waals surface area contributed by atoms with Crippen LogP contribution in [0.5, 0.6) is 0 Å². The lowest BCUT2D eigenvalue weighted by Gasteiger charge is -2.39. The maximum atomic E-state index is 13.2. The van der Waals surface area contributed by atoms with E-state index in [1.54, 1.807) is 34.0 Å². The van der Waals surface area contributed by atoms with Crippen molar-refractivity contribution in [2.75, 3.05) is 19.6 Å². The van der Waals surface area contributed by atoms with Crippen molar-refractivity contribution in [2.45, 2.75) is 19.9 Å². The molecule has 1 aliphatic heterocycles. The number of pyridine rings is 1. The van der Waals surface area contributed by atoms with E-state index in [0.717, 1.165) is 5.56 Å². The van der Waals surface area contributed by atoms with E-state index >= 15 is 0 Å². The van der Waals surface area contributed by atoms with Crippen LogP contribution in [-0.4, -0.2) is 72.8 Å². The summed E-state index contributed by atoms with van der Waals surface area (Å²) in [7, 11) is 0. The lowest BCUT2D eigenvalue weighted by molar-refractivity contribution is -0.128. The first-order chi connectivity index (χ1) is 16.8. The van der Waals surface area contributed by atoms with Crippen LogP contribution < -0.4 is 0 Å². The quantitative estimate of drug-likeness (QED) is 0.268. The van der Waals surface area contributed by atoms with Gasteiger partial charge in [-0.2, -0.15) is 5.10 Å². The number of nitrogens with one attached hydrogen (secondary N) is 1. The first-order valence-electron chi connectivity index (χ1n) is 11.2. The van der Waals surface area contributed by atoms with E-state index in [1.165, 1.54) is 11.1 Å². The summed E-state index contributed by atoms with van der Waals surface area (Å²) in [6.07, 6.45) is 5.02. The van der Waals surface area contributed by atoms with Gasteiger partial charge in [0.25, 0.3) is 17.6 Å². The number of amides is 2. The fourth-order valence-electron chi connectivity index (χ4n) is 4.40. The van der Waals surface area contributed by atoms with Gasteiger partial charge in [-0.3, -0.25) is 14.4 Å². The molecule has 0 spiro atoms. The zero-order chi connectivity index (χ0) is 24.7. The van der Waals surface area contributed by atoms with Crippen LogP contribution in [0.1, 0.15) is 33.2 Å². The smallest absolute Gasteiger partial charge is 0.295 e. The van der Waals surface area contributed by atoms with Crippen LogP contribution in [0, 0.1) is 6.92 Å². The number of halogens is 1. The summed E-state index contributed by atoms with van der Waals surface area (Å²) in [6.45, 7) is 4.66. The van der Waals surface area contributed by atoms with Crippen LogP contribution in [0.3, 0.4) is 0 Å². The van der Waals surface area contributed by atoms with E-state index in [4.69, 9.17) is 11.6 Å². The molecular formula is C25H23ClN6O3. The van der Waals surface area contributed by atoms with Crippen LogP contribution in [0.15, 0.2) is 55.0 Å². The number of carbonyl (C=O) groups is 3. The Hall–Kier alpha value is -3.98. The molecular weight excluding hydrogens is 468 g/mol. The molecule has 3 aromatic heterocycles. The van der Waals surface area contributed by atoms with Crippen LogP contribution in [0.4, 0.5) is 0 Å². The molecule has 178 valence electrons. The molecule has 1 fully saturated rings. The lowest BCUT2D eigenvalue weighted by atomic mass is 10.1. The molecule has 1 aliphatic rings. The number of ketones is 1. The molecule has 35 heavy (non-hydrogen) atoms. The Morgan fingerprint density at radius 1 is 1.14 bits per heavy atom. The third-order valence-electron chi connectivity index (χ3n) is 6.18. The number of carbonyl (C=O) groups excluding carboxylic acids is 3. The number of hydrogen-bond donors (Lipinski definition) is 1. The Balaban J connectivity index is 1.37. The van der Waals surface area contributed by atoms with Crippen molar-refractivity contribution >= 4 is 40.2 Å². The van der Waals surface area contributed by atoms with Crippen molar-refractivity contribution in [1.29, 1.82) is 0 Å². The Labute approximate surface area is 206 Å². The van der Waals surface area contributed by atoms with Gasteiger partial charge in [-0.1, -0.05) is 29.8 Å². The second-order valence-corrected chi connectivity index (χ2v) is 9.03. The van der Waals surface area contributed by atoms with Crippen molar-refractivity contribution in [2.24, 2.45) is 0 Å². The summed E-state index contributed by atoms with van der Waals surface area (Å²) in [5.41, 5.74) is 3.20. The number of hydrogen-bond acceptors (Lipinski definition) is 5. The molecule has 0 aliphatic carbocycles. The number of aryl methyl sites for hydroxylation is 1. The van der Waals surface area contributed by atoms with Crippen LogP contribution in [0.25, 0.3) is 16.7 Å². The minimum Gasteiger partial charge on any atom is -0.357 e. The van der Waals surface area contributed by atoms with Crippen molar-refractivity contribution in [1.82, 2.24) is 29.5 Å². The van der Waals surface area contributed by atoms with E-state index in [-0.39, 0.29) is 35.8 Å². The number of rotatable bonds is 4. The lowest BCUT2D eigenvalue weighted by Crippen LogP contribution is -2.56. The van der Waals surface area contributed by atoms with Crippen LogP contribution >= 0.6 is 11.6 Å². The van der Waals surface area contributed by atoms with Crippen LogP contribution in [-0.2, 0) is 4.79 Å². The van der Waals surface area contributed by atoms with E-state index in [9.17, 15) is 14.4 Å². The average Bonchev–Trinajstić information content (AvgIpc) is 3.49. The molecule has 1 saturated heterocycles. The van der Waals surface area contributed by atoms with Crippen molar-refractivity contribution in [3.05, 3.63) is 76.8 Å². The van der Waals surface area contributed by atoms with Gasteiger partial charge in [0.1, 0.15) is 10.7 Å². The average molecular weight is 491 g/mol. The zero-order valence-corrected chi connectivity index (χ0v) is 20.0. The third kappa shape index (κ3) is 4.19. The second kappa shape index (κ2) is 8.99. The maximum Gasteiger partial charge on any atom is 0.295 e. The first-order valence-corrected chi connectivity index (χ1v) is 11.6. The van der Waals surface area contributed by atoms with E-state index in [1.807, 2.05) is 38.2 Å². The summed E-state index contributed by atoms with van der Waals surface area (Å²) >= 11 is 6.25. The number of fused-ring (bicyclic) bond motifs is 1. The number of aromatic amines is 1. The minimum atomic E-state index is -0.677. The Kier molecular flexibility index (Phi) is 5.86. The highest BCUT2D eigenvalue weighted by Gasteiger charge is 2.34. The Morgan fingerprint density at radius 2 is 1.91 bits per heavy atom. The normalized spacial score (nSPS) is 16.0. The van der Waals surface area contributed by atoms with Crippen molar-refractivity contribution < 1.29 is 14.4 Å². The van der Waals surface area contributed by atoms with Crippen molar-refractivity contribution in [3.63, 3.8) is 0 Å². The summed E-state index contributed by atoms with van der Waals surface area (Å²) in [5, 5.41) is 4.49. The highest BCUT2D eigenvalue weighted by Crippen LogP contribution is 2.27. The highest BCUT2D eigenvalue weighted by atomic mass is 35.5. The molecule has 1 aromatic carbocycles. The topological polar surface area (TPSA) is 104 Å². The van der Waals surface area contributed by atoms with E-state index in [0.29, 0.717) is 28.8 Å². The number of nitrogens with zero attached hydrogens (tertiary/aromatic N) is 5. The largest absolute Gasteiger partial charge is 0.357 e. The Bertz CT molecular complexity index is 1440. The third-order valence-corrected chi connectivity index (χ3v) is 6.37. The molecule has 0 unspecified atom stereocenters. The van der Waals surface area contributed by atoms with E-state index < -0.39 is 11.7 Å². The minimum absolute atomic E-state index is 0.0895. The van der Waals surface area contributed by atoms with Gasteiger partial charge < -0.3 is 14.8 Å². The number of H-pyrrole nitrogens is 1. The van der Waals surface area contributed by atoms with E-state index in [2.05, 4.69) is 15.1 Å². The highest BCUT2D eigenvalue weighted by molar-refractivity contribution is 6.45. The molecule has 10 heteroatoms. The number of benzene rings is 1. The SMILES string of the molecule is Cc1cnn(-c2cc(Cl)nc3c(C(=O)C(=O)N4CCN(C(=O)c5ccccc5)[C@H](C)C4)c[nH]c23)c1. The fraction of sp³-hybridized carbons (Fsp3) is 0.240. The summed E-state index contributed by atoms with van der Waals surface area (Å²) in [4.78, 5) is 49.8. The number of aromatic nitrogens is 4. The molecule has 0 saturated carbocycles. The standard InChI is InChI=1S/C25H23ClN6O3/c1-15-11-28-32(13-15)19-10-20(26)29-21-18(12-27-22(19)21)23(33)25(35)30-8-9-31(16(2)14-30)24(34)17-6-4-3-5-7-17/h3-7,10-13,16,27H,8-9,14H2,1-2H3/t16-/m1/s1. The molecule has 2 amide bonds. The van der Waals surface area contributed by atoms with Gasteiger partial charge in [0.15, 0.2) is 0 Å². The maximum absolute atomic E-state index is 13.2. The summed E-state index contributed by atoms with van der Waals surface area (Å²) in [6, 6.07) is 10.4. The van der Waals surface area contributed by atoms with Crippen LogP contribution in [0.2, 0.25) is 5.15 Å². The molecule has 0 bridgehead atoms. The fourth-order valence-corrected chi connectivity index (χ4v) is 4.59. The number of Topliss-reactive ketones (excluding diaryl/α,β-unsaturated/α-hetero) is 1. The molecule has 1 atom stereocenters. The molecule has 5 rings (SSSR count). The number of piperazine rings is 1. The monoisotopic (exact) mass is 490 g/mol. The second-order valence-electron chi connectivity index (χ2n) is 8.65. The van der Waals surface area contributed by atoms with Gasteiger partial charge in [-0.25, -0.2) is 9.67 Å². The van der Waals surface area contributed by atoms with Crippen molar-refractivity contribution in [3.8, 4) is 5.69 Å². The predicted molar refractivity (Wildman–Crippen MR) is 131 cm³/mol. The zero-order valence-electron chi connectivity index (χ0n) is 19.2. The van der Waals surface area contributed by atoms with Gasteiger partial charge in [0.05, 0.1) is 23.0 Å². The molecule has 4 aromatic rings. The van der Waals surface area contributed by atoms with Gasteiger partial charge >= 0.3 is 0 Å².